The summed E-state index contributed by atoms with van der Waals surface area (Å²) < 4.78 is 11.2. The fourth-order valence-electron chi connectivity index (χ4n) is 2.92. The van der Waals surface area contributed by atoms with Crippen LogP contribution in [0, 0.1) is 5.92 Å². The van der Waals surface area contributed by atoms with Crippen LogP contribution >= 0.6 is 0 Å². The largest absolute Gasteiger partial charge is 0.363 e. The summed E-state index contributed by atoms with van der Waals surface area (Å²) in [7, 11) is 0. The molecule has 0 radical (unpaired) electrons. The highest BCUT2D eigenvalue weighted by molar-refractivity contribution is 5.81. The summed E-state index contributed by atoms with van der Waals surface area (Å²) in [5.41, 5.74) is 1.07. The van der Waals surface area contributed by atoms with Crippen LogP contribution in [0.5, 0.6) is 0 Å². The molecular weight excluding hydrogens is 292 g/mol. The maximum absolute atomic E-state index is 12.2. The van der Waals surface area contributed by atoms with Crippen LogP contribution in [-0.2, 0) is 14.3 Å². The zero-order chi connectivity index (χ0) is 16.7. The molecule has 0 unspecified atom stereocenters. The van der Waals surface area contributed by atoms with Gasteiger partial charge in [-0.15, -0.1) is 0 Å². The molecule has 1 atom stereocenters. The maximum Gasteiger partial charge on any atom is 0.239 e. The van der Waals surface area contributed by atoms with Crippen LogP contribution in [-0.4, -0.2) is 44.5 Å². The van der Waals surface area contributed by atoms with Gasteiger partial charge in [0.1, 0.15) is 0 Å². The van der Waals surface area contributed by atoms with Gasteiger partial charge in [0.15, 0.2) is 5.79 Å². The Hall–Kier alpha value is -1.59. The first-order chi connectivity index (χ1) is 11.0. The third kappa shape index (κ3) is 5.52. The lowest BCUT2D eigenvalue weighted by molar-refractivity contribution is -0.154. The molecule has 1 heterocycles. The van der Waals surface area contributed by atoms with Crippen molar-refractivity contribution in [3.63, 3.8) is 0 Å². The first kappa shape index (κ1) is 17.8. The molecule has 128 valence electrons. The van der Waals surface area contributed by atoms with Gasteiger partial charge in [-0.1, -0.05) is 25.1 Å². The van der Waals surface area contributed by atoms with Crippen molar-refractivity contribution in [3.8, 4) is 0 Å². The Morgan fingerprint density at radius 3 is 2.57 bits per heavy atom. The van der Waals surface area contributed by atoms with Crippen LogP contribution in [0.1, 0.15) is 27.2 Å². The van der Waals surface area contributed by atoms with Crippen molar-refractivity contribution in [3.05, 3.63) is 30.3 Å². The summed E-state index contributed by atoms with van der Waals surface area (Å²) in [6.45, 7) is 9.23. The number of nitrogens with one attached hydrogen (secondary N) is 1. The molecule has 1 saturated heterocycles. The molecule has 23 heavy (non-hydrogen) atoms. The molecule has 0 bridgehead atoms. The van der Waals surface area contributed by atoms with E-state index < -0.39 is 5.79 Å². The van der Waals surface area contributed by atoms with E-state index in [4.69, 9.17) is 9.47 Å². The Bertz CT molecular complexity index is 486. The highest BCUT2D eigenvalue weighted by Gasteiger charge is 2.32. The van der Waals surface area contributed by atoms with Gasteiger partial charge in [-0.05, 0) is 31.9 Å². The second-order valence-corrected chi connectivity index (χ2v) is 6.29. The van der Waals surface area contributed by atoms with Gasteiger partial charge >= 0.3 is 0 Å². The van der Waals surface area contributed by atoms with Crippen molar-refractivity contribution in [2.24, 2.45) is 5.92 Å². The predicted molar refractivity (Wildman–Crippen MR) is 91.4 cm³/mol. The summed E-state index contributed by atoms with van der Waals surface area (Å²) in [5, 5.41) is 3.02. The van der Waals surface area contributed by atoms with E-state index in [1.807, 2.05) is 37.3 Å². The molecule has 1 aliphatic rings. The van der Waals surface area contributed by atoms with Gasteiger partial charge < -0.3 is 19.7 Å². The van der Waals surface area contributed by atoms with Gasteiger partial charge in [-0.25, -0.2) is 0 Å². The molecule has 0 aliphatic carbocycles. The van der Waals surface area contributed by atoms with E-state index in [0.717, 1.165) is 18.7 Å². The predicted octanol–water partition coefficient (Wildman–Crippen LogP) is 2.42. The number of hydrogen-bond acceptors (Lipinski definition) is 4. The van der Waals surface area contributed by atoms with E-state index in [0.29, 0.717) is 32.2 Å². The Balaban J connectivity index is 1.75. The maximum atomic E-state index is 12.2. The lowest BCUT2D eigenvalue weighted by Gasteiger charge is -2.26. The van der Waals surface area contributed by atoms with Crippen LogP contribution < -0.4 is 10.2 Å². The molecule has 1 fully saturated rings. The number of nitrogens with zero attached hydrogens (tertiary/aromatic N) is 1. The third-order valence-corrected chi connectivity index (χ3v) is 4.10. The molecule has 1 N–H and O–H groups in total. The fraction of sp³-hybridized carbons (Fsp3) is 0.611. The number of carbonyl (C=O) groups excluding carboxylic acids is 1. The van der Waals surface area contributed by atoms with Crippen molar-refractivity contribution >= 4 is 11.6 Å². The van der Waals surface area contributed by atoms with Gasteiger partial charge in [0.2, 0.25) is 5.91 Å². The second kappa shape index (κ2) is 8.31. The van der Waals surface area contributed by atoms with Crippen molar-refractivity contribution in [2.45, 2.75) is 33.0 Å². The molecule has 0 saturated carbocycles. The summed E-state index contributed by atoms with van der Waals surface area (Å²) in [4.78, 5) is 14.3. The number of anilines is 1. The van der Waals surface area contributed by atoms with Gasteiger partial charge in [0.05, 0.1) is 19.8 Å². The van der Waals surface area contributed by atoms with Gasteiger partial charge in [-0.3, -0.25) is 4.79 Å². The zero-order valence-electron chi connectivity index (χ0n) is 14.4. The standard InChI is InChI=1S/C18H28N2O3/c1-4-20(16-8-6-5-7-9-16)14-17(21)19-13-15(2)12-18(3)22-10-11-23-18/h5-9,15H,4,10-14H2,1-3H3,(H,19,21)/t15-/m1/s1. The number of benzene rings is 1. The lowest BCUT2D eigenvalue weighted by atomic mass is 10.0. The number of likely N-dealkylation sites (N-methyl/N-ethyl adjacent to an activating group) is 1. The lowest BCUT2D eigenvalue weighted by Crippen LogP contribution is -2.40. The van der Waals surface area contributed by atoms with Crippen LogP contribution in [0.4, 0.5) is 5.69 Å². The molecule has 2 rings (SSSR count). The normalized spacial score (nSPS) is 17.7. The van der Waals surface area contributed by atoms with Gasteiger partial charge in [0, 0.05) is 25.2 Å². The minimum Gasteiger partial charge on any atom is -0.363 e. The zero-order valence-corrected chi connectivity index (χ0v) is 14.4. The van der Waals surface area contributed by atoms with Crippen molar-refractivity contribution in [1.82, 2.24) is 5.32 Å². The Morgan fingerprint density at radius 2 is 1.96 bits per heavy atom. The summed E-state index contributed by atoms with van der Waals surface area (Å²) in [5.74, 6) is -0.154. The van der Waals surface area contributed by atoms with E-state index in [1.165, 1.54) is 0 Å². The monoisotopic (exact) mass is 320 g/mol. The van der Waals surface area contributed by atoms with Crippen molar-refractivity contribution in [1.29, 1.82) is 0 Å². The summed E-state index contributed by atoms with van der Waals surface area (Å²) >= 11 is 0. The Kier molecular flexibility index (Phi) is 6.42. The van der Waals surface area contributed by atoms with E-state index in [2.05, 4.69) is 24.1 Å². The Morgan fingerprint density at radius 1 is 1.30 bits per heavy atom. The molecule has 1 aromatic carbocycles. The number of rotatable bonds is 8. The van der Waals surface area contributed by atoms with Gasteiger partial charge in [-0.2, -0.15) is 0 Å². The Labute approximate surface area is 139 Å². The molecule has 0 spiro atoms. The van der Waals surface area contributed by atoms with E-state index >= 15 is 0 Å². The van der Waals surface area contributed by atoms with Crippen LogP contribution in [0.3, 0.4) is 0 Å². The van der Waals surface area contributed by atoms with Crippen LogP contribution in [0.15, 0.2) is 30.3 Å². The number of para-hydroxylation sites is 1. The number of amides is 1. The van der Waals surface area contributed by atoms with E-state index in [9.17, 15) is 4.79 Å². The quantitative estimate of drug-likeness (QED) is 0.799. The summed E-state index contributed by atoms with van der Waals surface area (Å²) in [6, 6.07) is 10.00. The molecule has 1 aliphatic heterocycles. The molecule has 1 amide bonds. The highest BCUT2D eigenvalue weighted by Crippen LogP contribution is 2.26. The minimum atomic E-state index is -0.496. The average Bonchev–Trinajstić information content (AvgIpc) is 2.97. The van der Waals surface area contributed by atoms with Crippen LogP contribution in [0.25, 0.3) is 0 Å². The van der Waals surface area contributed by atoms with E-state index in [1.54, 1.807) is 0 Å². The highest BCUT2D eigenvalue weighted by atomic mass is 16.7. The molecule has 0 aromatic heterocycles. The second-order valence-electron chi connectivity index (χ2n) is 6.29. The number of carbonyl (C=O) groups is 1. The van der Waals surface area contributed by atoms with E-state index in [-0.39, 0.29) is 5.91 Å². The topological polar surface area (TPSA) is 50.8 Å². The minimum absolute atomic E-state index is 0.0426. The molecule has 5 heteroatoms. The summed E-state index contributed by atoms with van der Waals surface area (Å²) in [6.07, 6.45) is 0.781. The molecule has 1 aromatic rings. The number of hydrogen-bond donors (Lipinski definition) is 1. The molecule has 5 nitrogen and oxygen atoms in total. The first-order valence-corrected chi connectivity index (χ1v) is 8.37. The number of ether oxygens (including phenoxy) is 2. The van der Waals surface area contributed by atoms with Crippen molar-refractivity contribution < 1.29 is 14.3 Å². The van der Waals surface area contributed by atoms with Crippen LogP contribution in [0.2, 0.25) is 0 Å². The fourth-order valence-corrected chi connectivity index (χ4v) is 2.92. The van der Waals surface area contributed by atoms with Gasteiger partial charge in [0.25, 0.3) is 0 Å². The SMILES string of the molecule is CCN(CC(=O)NC[C@H](C)CC1(C)OCCO1)c1ccccc1. The first-order valence-electron chi connectivity index (χ1n) is 8.37. The van der Waals surface area contributed by atoms with Crippen molar-refractivity contribution in [2.75, 3.05) is 37.7 Å². The average molecular weight is 320 g/mol. The smallest absolute Gasteiger partial charge is 0.239 e. The third-order valence-electron chi connectivity index (χ3n) is 4.10. The molecular formula is C18H28N2O3.